The molecule has 0 saturated carbocycles. The number of rotatable bonds is 2. The molecule has 0 saturated heterocycles. The number of benzene rings is 1. The van der Waals surface area contributed by atoms with Crippen LogP contribution in [0.15, 0.2) is 30.6 Å². The Morgan fingerprint density at radius 3 is 2.29 bits per heavy atom. The zero-order valence-electron chi connectivity index (χ0n) is 9.81. The number of nitrogens with two attached hydrogens (primary N) is 1. The highest BCUT2D eigenvalue weighted by atomic mass is 19.1. The summed E-state index contributed by atoms with van der Waals surface area (Å²) >= 11 is 0. The van der Waals surface area contributed by atoms with Gasteiger partial charge < -0.3 is 5.73 Å². The second-order valence-electron chi connectivity index (χ2n) is 4.16. The summed E-state index contributed by atoms with van der Waals surface area (Å²) in [6, 6.07) is 4.23. The fourth-order valence-electron chi connectivity index (χ4n) is 1.66. The standard InChI is InChI=1S/C13H14FN3/c1-8-3-10(5-11(14)4-8)12(15)13-16-6-9(2)7-17-13/h3-7,12H,15H2,1-2H3. The highest BCUT2D eigenvalue weighted by Gasteiger charge is 2.12. The maximum atomic E-state index is 13.3. The molecule has 17 heavy (non-hydrogen) atoms. The predicted molar refractivity (Wildman–Crippen MR) is 63.9 cm³/mol. The summed E-state index contributed by atoms with van der Waals surface area (Å²) in [5, 5.41) is 0. The molecular formula is C13H14FN3. The molecule has 1 aromatic heterocycles. The zero-order valence-corrected chi connectivity index (χ0v) is 9.81. The van der Waals surface area contributed by atoms with E-state index in [0.29, 0.717) is 11.4 Å². The largest absolute Gasteiger partial charge is 0.318 e. The van der Waals surface area contributed by atoms with Crippen molar-refractivity contribution in [3.8, 4) is 0 Å². The molecule has 0 bridgehead atoms. The van der Waals surface area contributed by atoms with E-state index >= 15 is 0 Å². The molecule has 4 heteroatoms. The average molecular weight is 231 g/mol. The van der Waals surface area contributed by atoms with Gasteiger partial charge in [0.05, 0.1) is 6.04 Å². The second-order valence-corrected chi connectivity index (χ2v) is 4.16. The van der Waals surface area contributed by atoms with Gasteiger partial charge in [0.25, 0.3) is 0 Å². The van der Waals surface area contributed by atoms with Crippen molar-refractivity contribution in [2.45, 2.75) is 19.9 Å². The molecule has 0 aliphatic carbocycles. The maximum Gasteiger partial charge on any atom is 0.149 e. The van der Waals surface area contributed by atoms with Crippen LogP contribution in [0.3, 0.4) is 0 Å². The minimum Gasteiger partial charge on any atom is -0.318 e. The second kappa shape index (κ2) is 4.59. The van der Waals surface area contributed by atoms with Gasteiger partial charge in [-0.05, 0) is 42.7 Å². The molecule has 0 aliphatic heterocycles. The van der Waals surface area contributed by atoms with Crippen molar-refractivity contribution < 1.29 is 4.39 Å². The number of aromatic nitrogens is 2. The molecule has 1 aromatic carbocycles. The molecule has 3 nitrogen and oxygen atoms in total. The lowest BCUT2D eigenvalue weighted by Gasteiger charge is -2.11. The Morgan fingerprint density at radius 1 is 1.06 bits per heavy atom. The van der Waals surface area contributed by atoms with Gasteiger partial charge in [0, 0.05) is 12.4 Å². The van der Waals surface area contributed by atoms with Crippen molar-refractivity contribution in [2.75, 3.05) is 0 Å². The summed E-state index contributed by atoms with van der Waals surface area (Å²) in [4.78, 5) is 8.31. The molecule has 0 amide bonds. The number of hydrogen-bond donors (Lipinski definition) is 1. The summed E-state index contributed by atoms with van der Waals surface area (Å²) in [6.45, 7) is 3.73. The Kier molecular flexibility index (Phi) is 3.15. The first kappa shape index (κ1) is 11.7. The maximum absolute atomic E-state index is 13.3. The zero-order chi connectivity index (χ0) is 12.4. The van der Waals surface area contributed by atoms with Crippen LogP contribution in [0.4, 0.5) is 4.39 Å². The van der Waals surface area contributed by atoms with Gasteiger partial charge in [-0.1, -0.05) is 6.07 Å². The van der Waals surface area contributed by atoms with E-state index < -0.39 is 6.04 Å². The highest BCUT2D eigenvalue weighted by Crippen LogP contribution is 2.18. The van der Waals surface area contributed by atoms with Gasteiger partial charge in [-0.2, -0.15) is 0 Å². The molecule has 88 valence electrons. The van der Waals surface area contributed by atoms with Gasteiger partial charge >= 0.3 is 0 Å². The van der Waals surface area contributed by atoms with Crippen LogP contribution in [0, 0.1) is 19.7 Å². The van der Waals surface area contributed by atoms with Crippen molar-refractivity contribution in [1.82, 2.24) is 9.97 Å². The summed E-state index contributed by atoms with van der Waals surface area (Å²) in [5.41, 5.74) is 8.50. The Labute approximate surface area is 99.5 Å². The van der Waals surface area contributed by atoms with Gasteiger partial charge in [0.2, 0.25) is 0 Å². The fraction of sp³-hybridized carbons (Fsp3) is 0.231. The summed E-state index contributed by atoms with van der Waals surface area (Å²) in [7, 11) is 0. The van der Waals surface area contributed by atoms with Crippen LogP contribution in [0.1, 0.15) is 28.6 Å². The third kappa shape index (κ3) is 2.65. The van der Waals surface area contributed by atoms with E-state index in [1.165, 1.54) is 12.1 Å². The minimum atomic E-state index is -0.495. The van der Waals surface area contributed by atoms with Gasteiger partial charge in [0.15, 0.2) is 0 Å². The minimum absolute atomic E-state index is 0.289. The molecule has 1 unspecified atom stereocenters. The van der Waals surface area contributed by atoms with Gasteiger partial charge in [-0.3, -0.25) is 0 Å². The van der Waals surface area contributed by atoms with Crippen molar-refractivity contribution in [2.24, 2.45) is 5.73 Å². The van der Waals surface area contributed by atoms with E-state index in [4.69, 9.17) is 5.73 Å². The van der Waals surface area contributed by atoms with Crippen LogP contribution in [0.25, 0.3) is 0 Å². The van der Waals surface area contributed by atoms with Crippen LogP contribution in [-0.2, 0) is 0 Å². The van der Waals surface area contributed by atoms with Crippen molar-refractivity contribution in [3.05, 3.63) is 58.9 Å². The lowest BCUT2D eigenvalue weighted by molar-refractivity contribution is 0.621. The van der Waals surface area contributed by atoms with E-state index in [0.717, 1.165) is 11.1 Å². The third-order valence-electron chi connectivity index (χ3n) is 2.50. The predicted octanol–water partition coefficient (Wildman–Crippen LogP) is 2.28. The number of nitrogens with zero attached hydrogens (tertiary/aromatic N) is 2. The fourth-order valence-corrected chi connectivity index (χ4v) is 1.66. The SMILES string of the molecule is Cc1cnc(C(N)c2cc(C)cc(F)c2)nc1. The highest BCUT2D eigenvalue weighted by molar-refractivity contribution is 5.29. The molecule has 0 radical (unpaired) electrons. The number of halogens is 1. The number of aryl methyl sites for hydroxylation is 2. The molecule has 0 spiro atoms. The first-order chi connectivity index (χ1) is 8.06. The summed E-state index contributed by atoms with van der Waals surface area (Å²) in [6.07, 6.45) is 3.41. The first-order valence-electron chi connectivity index (χ1n) is 5.37. The normalized spacial score (nSPS) is 12.5. The van der Waals surface area contributed by atoms with Gasteiger partial charge in [0.1, 0.15) is 11.6 Å². The Hall–Kier alpha value is -1.81. The smallest absolute Gasteiger partial charge is 0.149 e. The van der Waals surface area contributed by atoms with E-state index in [1.807, 2.05) is 19.9 Å². The van der Waals surface area contributed by atoms with E-state index in [-0.39, 0.29) is 5.82 Å². The summed E-state index contributed by atoms with van der Waals surface area (Å²) < 4.78 is 13.3. The van der Waals surface area contributed by atoms with Crippen LogP contribution in [0.5, 0.6) is 0 Å². The van der Waals surface area contributed by atoms with Crippen LogP contribution >= 0.6 is 0 Å². The molecule has 0 fully saturated rings. The first-order valence-corrected chi connectivity index (χ1v) is 5.37. The van der Waals surface area contributed by atoms with Crippen LogP contribution in [-0.4, -0.2) is 9.97 Å². The number of hydrogen-bond acceptors (Lipinski definition) is 3. The molecule has 2 N–H and O–H groups in total. The van der Waals surface area contributed by atoms with Crippen molar-refractivity contribution >= 4 is 0 Å². The lowest BCUT2D eigenvalue weighted by Crippen LogP contribution is -2.15. The molecule has 2 aromatic rings. The van der Waals surface area contributed by atoms with Crippen molar-refractivity contribution in [3.63, 3.8) is 0 Å². The Balaban J connectivity index is 2.36. The molecular weight excluding hydrogens is 217 g/mol. The van der Waals surface area contributed by atoms with Crippen LogP contribution < -0.4 is 5.73 Å². The third-order valence-corrected chi connectivity index (χ3v) is 2.50. The Morgan fingerprint density at radius 2 is 1.71 bits per heavy atom. The van der Waals surface area contributed by atoms with E-state index in [1.54, 1.807) is 12.4 Å². The molecule has 0 aliphatic rings. The Bertz CT molecular complexity index is 502. The molecule has 1 heterocycles. The van der Waals surface area contributed by atoms with E-state index in [9.17, 15) is 4.39 Å². The lowest BCUT2D eigenvalue weighted by atomic mass is 10.0. The van der Waals surface area contributed by atoms with Gasteiger partial charge in [-0.25, -0.2) is 14.4 Å². The topological polar surface area (TPSA) is 51.8 Å². The van der Waals surface area contributed by atoms with Gasteiger partial charge in [-0.15, -0.1) is 0 Å². The van der Waals surface area contributed by atoms with Crippen LogP contribution in [0.2, 0.25) is 0 Å². The molecule has 1 atom stereocenters. The van der Waals surface area contributed by atoms with E-state index in [2.05, 4.69) is 9.97 Å². The molecule has 2 rings (SSSR count). The summed E-state index contributed by atoms with van der Waals surface area (Å²) in [5.74, 6) is 0.211. The van der Waals surface area contributed by atoms with Crippen molar-refractivity contribution in [1.29, 1.82) is 0 Å². The average Bonchev–Trinajstić information content (AvgIpc) is 2.28. The quantitative estimate of drug-likeness (QED) is 0.862. The monoisotopic (exact) mass is 231 g/mol.